The van der Waals surface area contributed by atoms with Crippen LogP contribution in [0.1, 0.15) is 30.4 Å². The molecule has 0 saturated carbocycles. The minimum atomic E-state index is -0.552. The molecule has 0 N–H and O–H groups in total. The molecule has 0 amide bonds. The summed E-state index contributed by atoms with van der Waals surface area (Å²) < 4.78 is 18.6. The summed E-state index contributed by atoms with van der Waals surface area (Å²) in [6, 6.07) is 18.4. The van der Waals surface area contributed by atoms with Gasteiger partial charge in [0, 0.05) is 12.2 Å². The first-order valence-electron chi connectivity index (χ1n) is 9.06. The van der Waals surface area contributed by atoms with Crippen molar-refractivity contribution < 1.29 is 14.2 Å². The Kier molecular flexibility index (Phi) is 4.86. The topological polar surface area (TPSA) is 27.7 Å². The van der Waals surface area contributed by atoms with Crippen molar-refractivity contribution in [2.24, 2.45) is 0 Å². The molecule has 3 heteroatoms. The van der Waals surface area contributed by atoms with Crippen LogP contribution in [0.3, 0.4) is 0 Å². The quantitative estimate of drug-likeness (QED) is 0.797. The molecule has 0 spiro atoms. The molecule has 1 saturated heterocycles. The van der Waals surface area contributed by atoms with Gasteiger partial charge in [-0.15, -0.1) is 0 Å². The summed E-state index contributed by atoms with van der Waals surface area (Å²) in [7, 11) is 0. The van der Waals surface area contributed by atoms with E-state index < -0.39 is 5.60 Å². The Balaban J connectivity index is 1.53. The first kappa shape index (κ1) is 16.4. The predicted molar refractivity (Wildman–Crippen MR) is 98.5 cm³/mol. The van der Waals surface area contributed by atoms with Gasteiger partial charge in [-0.3, -0.25) is 0 Å². The molecule has 1 fully saturated rings. The third kappa shape index (κ3) is 3.63. The summed E-state index contributed by atoms with van der Waals surface area (Å²) in [6.45, 7) is 1.86. The molecular formula is C22H24O3. The Morgan fingerprint density at radius 2 is 1.84 bits per heavy atom. The monoisotopic (exact) mass is 336 g/mol. The molecule has 2 aliphatic heterocycles. The Hall–Kier alpha value is -2.10. The van der Waals surface area contributed by atoms with E-state index in [9.17, 15) is 0 Å². The number of fused-ring (bicyclic) bond motifs is 1. The van der Waals surface area contributed by atoms with Crippen LogP contribution in [0.2, 0.25) is 0 Å². The fourth-order valence-corrected chi connectivity index (χ4v) is 3.55. The standard InChI is InChI=1S/C22H24O3/c1-2-8-18(9-3-1)16-23-17-22(21-12-6-7-15-24-21)14-13-19-10-4-5-11-20(19)25-22/h1-5,8-11,13-14,21H,6-7,12,15-17H2. The van der Waals surface area contributed by atoms with E-state index in [1.165, 1.54) is 12.0 Å². The summed E-state index contributed by atoms with van der Waals surface area (Å²) in [4.78, 5) is 0. The predicted octanol–water partition coefficient (Wildman–Crippen LogP) is 4.62. The fourth-order valence-electron chi connectivity index (χ4n) is 3.55. The van der Waals surface area contributed by atoms with Crippen LogP contribution in [0, 0.1) is 0 Å². The number of benzene rings is 2. The van der Waals surface area contributed by atoms with Gasteiger partial charge in [-0.1, -0.05) is 54.6 Å². The normalized spacial score (nSPS) is 25.2. The molecule has 4 rings (SSSR count). The average molecular weight is 336 g/mol. The van der Waals surface area contributed by atoms with E-state index in [-0.39, 0.29) is 6.10 Å². The maximum Gasteiger partial charge on any atom is 0.176 e. The second-order valence-electron chi connectivity index (χ2n) is 6.76. The number of rotatable bonds is 5. The van der Waals surface area contributed by atoms with E-state index >= 15 is 0 Å². The van der Waals surface area contributed by atoms with Crippen LogP contribution in [0.4, 0.5) is 0 Å². The van der Waals surface area contributed by atoms with Crippen LogP contribution in [-0.2, 0) is 16.1 Å². The van der Waals surface area contributed by atoms with Gasteiger partial charge >= 0.3 is 0 Å². The number of para-hydroxylation sites is 1. The van der Waals surface area contributed by atoms with E-state index in [2.05, 4.69) is 30.4 Å². The van der Waals surface area contributed by atoms with Crippen LogP contribution >= 0.6 is 0 Å². The summed E-state index contributed by atoms with van der Waals surface area (Å²) in [5.41, 5.74) is 1.73. The van der Waals surface area contributed by atoms with Crippen molar-refractivity contribution in [3.8, 4) is 5.75 Å². The maximum absolute atomic E-state index is 6.46. The second-order valence-corrected chi connectivity index (χ2v) is 6.76. The average Bonchev–Trinajstić information content (AvgIpc) is 2.69. The minimum absolute atomic E-state index is 0.0293. The molecule has 130 valence electrons. The highest BCUT2D eigenvalue weighted by molar-refractivity contribution is 5.61. The van der Waals surface area contributed by atoms with Gasteiger partial charge in [-0.2, -0.15) is 0 Å². The number of hydrogen-bond donors (Lipinski definition) is 0. The number of ether oxygens (including phenoxy) is 3. The molecule has 0 aromatic heterocycles. The van der Waals surface area contributed by atoms with Gasteiger partial charge < -0.3 is 14.2 Å². The van der Waals surface area contributed by atoms with Crippen molar-refractivity contribution in [2.45, 2.75) is 37.6 Å². The van der Waals surface area contributed by atoms with Gasteiger partial charge in [0.25, 0.3) is 0 Å². The van der Waals surface area contributed by atoms with Crippen molar-refractivity contribution in [3.05, 3.63) is 71.8 Å². The van der Waals surface area contributed by atoms with Crippen molar-refractivity contribution in [1.29, 1.82) is 0 Å². The van der Waals surface area contributed by atoms with Gasteiger partial charge in [0.2, 0.25) is 0 Å². The minimum Gasteiger partial charge on any atom is -0.477 e. The molecular weight excluding hydrogens is 312 g/mol. The van der Waals surface area contributed by atoms with Gasteiger partial charge in [0.05, 0.1) is 13.2 Å². The zero-order chi connectivity index (χ0) is 17.0. The van der Waals surface area contributed by atoms with E-state index in [1.54, 1.807) is 0 Å². The van der Waals surface area contributed by atoms with Gasteiger partial charge in [-0.05, 0) is 37.0 Å². The molecule has 2 aliphatic rings. The smallest absolute Gasteiger partial charge is 0.176 e. The Morgan fingerprint density at radius 3 is 2.68 bits per heavy atom. The van der Waals surface area contributed by atoms with E-state index in [1.807, 2.05) is 36.4 Å². The molecule has 0 radical (unpaired) electrons. The third-order valence-corrected chi connectivity index (χ3v) is 4.93. The summed E-state index contributed by atoms with van der Waals surface area (Å²) >= 11 is 0. The Labute approximate surface area is 149 Å². The van der Waals surface area contributed by atoms with Crippen LogP contribution in [0.25, 0.3) is 6.08 Å². The van der Waals surface area contributed by atoms with Crippen molar-refractivity contribution >= 4 is 6.08 Å². The third-order valence-electron chi connectivity index (χ3n) is 4.93. The lowest BCUT2D eigenvalue weighted by molar-refractivity contribution is -0.121. The lowest BCUT2D eigenvalue weighted by Gasteiger charge is -2.42. The second kappa shape index (κ2) is 7.42. The first-order valence-corrected chi connectivity index (χ1v) is 9.06. The van der Waals surface area contributed by atoms with Gasteiger partial charge in [0.15, 0.2) is 5.60 Å². The number of hydrogen-bond acceptors (Lipinski definition) is 3. The van der Waals surface area contributed by atoms with Gasteiger partial charge in [0.1, 0.15) is 11.9 Å². The van der Waals surface area contributed by atoms with E-state index in [4.69, 9.17) is 14.2 Å². The van der Waals surface area contributed by atoms with E-state index in [0.717, 1.165) is 30.8 Å². The van der Waals surface area contributed by atoms with Crippen molar-refractivity contribution in [1.82, 2.24) is 0 Å². The molecule has 2 aromatic rings. The SMILES string of the molecule is C1=CC(COCc2ccccc2)(C2CCCCO2)Oc2ccccc21. The molecule has 0 aliphatic carbocycles. The molecule has 2 heterocycles. The lowest BCUT2D eigenvalue weighted by atomic mass is 9.88. The molecule has 2 aromatic carbocycles. The zero-order valence-electron chi connectivity index (χ0n) is 14.4. The zero-order valence-corrected chi connectivity index (χ0v) is 14.4. The van der Waals surface area contributed by atoms with Crippen LogP contribution in [0.15, 0.2) is 60.7 Å². The van der Waals surface area contributed by atoms with E-state index in [0.29, 0.717) is 13.2 Å². The summed E-state index contributed by atoms with van der Waals surface area (Å²) in [6.07, 6.45) is 7.60. The highest BCUT2D eigenvalue weighted by Crippen LogP contribution is 2.37. The molecule has 3 nitrogen and oxygen atoms in total. The highest BCUT2D eigenvalue weighted by Gasteiger charge is 2.43. The van der Waals surface area contributed by atoms with Crippen LogP contribution < -0.4 is 4.74 Å². The van der Waals surface area contributed by atoms with Crippen LogP contribution in [-0.4, -0.2) is 24.9 Å². The van der Waals surface area contributed by atoms with Gasteiger partial charge in [-0.25, -0.2) is 0 Å². The summed E-state index contributed by atoms with van der Waals surface area (Å²) in [5.74, 6) is 0.905. The molecule has 0 bridgehead atoms. The Bertz CT molecular complexity index is 719. The fraction of sp³-hybridized carbons (Fsp3) is 0.364. The maximum atomic E-state index is 6.46. The highest BCUT2D eigenvalue weighted by atomic mass is 16.6. The lowest BCUT2D eigenvalue weighted by Crippen LogP contribution is -2.53. The Morgan fingerprint density at radius 1 is 1.00 bits per heavy atom. The molecule has 25 heavy (non-hydrogen) atoms. The first-order chi connectivity index (χ1) is 12.4. The largest absolute Gasteiger partial charge is 0.477 e. The van der Waals surface area contributed by atoms with Crippen molar-refractivity contribution in [2.75, 3.05) is 13.2 Å². The molecule has 2 atom stereocenters. The van der Waals surface area contributed by atoms with Crippen molar-refractivity contribution in [3.63, 3.8) is 0 Å². The summed E-state index contributed by atoms with van der Waals surface area (Å²) in [5, 5.41) is 0. The van der Waals surface area contributed by atoms with Crippen LogP contribution in [0.5, 0.6) is 5.75 Å². The molecule has 2 unspecified atom stereocenters.